The van der Waals surface area contributed by atoms with Crippen LogP contribution < -0.4 is 15.1 Å². The summed E-state index contributed by atoms with van der Waals surface area (Å²) in [4.78, 5) is 24.3. The Morgan fingerprint density at radius 2 is 1.72 bits per heavy atom. The lowest BCUT2D eigenvalue weighted by atomic mass is 10.1. The van der Waals surface area contributed by atoms with Crippen molar-refractivity contribution in [1.29, 1.82) is 0 Å². The van der Waals surface area contributed by atoms with E-state index in [1.54, 1.807) is 6.07 Å². The number of halogens is 1. The van der Waals surface area contributed by atoms with Gasteiger partial charge >= 0.3 is 0 Å². The van der Waals surface area contributed by atoms with Crippen LogP contribution in [0.2, 0.25) is 0 Å². The number of hydrogen-bond donors (Lipinski definition) is 1. The lowest BCUT2D eigenvalue weighted by molar-refractivity contribution is 0.102. The first-order chi connectivity index (χ1) is 14.1. The molecule has 0 saturated carbocycles. The summed E-state index contributed by atoms with van der Waals surface area (Å²) in [6.45, 7) is 6.28. The van der Waals surface area contributed by atoms with Crippen molar-refractivity contribution in [2.75, 3.05) is 61.4 Å². The minimum atomic E-state index is -0.183. The summed E-state index contributed by atoms with van der Waals surface area (Å²) in [5, 5.41) is 3.10. The molecule has 2 fully saturated rings. The van der Waals surface area contributed by atoms with Crippen LogP contribution in [0.15, 0.2) is 41.0 Å². The van der Waals surface area contributed by atoms with Crippen LogP contribution in [-0.4, -0.2) is 62.1 Å². The molecular formula is C22H28BrN5O. The summed E-state index contributed by atoms with van der Waals surface area (Å²) >= 11 is 3.34. The molecule has 0 spiro atoms. The molecule has 29 heavy (non-hydrogen) atoms. The molecule has 2 saturated heterocycles. The van der Waals surface area contributed by atoms with Gasteiger partial charge in [0.1, 0.15) is 10.3 Å². The Bertz CT molecular complexity index is 860. The predicted molar refractivity (Wildman–Crippen MR) is 122 cm³/mol. The van der Waals surface area contributed by atoms with E-state index >= 15 is 0 Å². The predicted octanol–water partition coefficient (Wildman–Crippen LogP) is 3.84. The van der Waals surface area contributed by atoms with Crippen LogP contribution >= 0.6 is 15.9 Å². The molecular weight excluding hydrogens is 430 g/mol. The van der Waals surface area contributed by atoms with E-state index in [1.807, 2.05) is 18.2 Å². The van der Waals surface area contributed by atoms with E-state index in [-0.39, 0.29) is 5.91 Å². The maximum absolute atomic E-state index is 12.8. The second-order valence-electron chi connectivity index (χ2n) is 7.84. The van der Waals surface area contributed by atoms with Gasteiger partial charge < -0.3 is 20.0 Å². The van der Waals surface area contributed by atoms with Crippen molar-refractivity contribution in [3.63, 3.8) is 0 Å². The molecule has 2 aromatic rings. The zero-order valence-electron chi connectivity index (χ0n) is 16.9. The Morgan fingerprint density at radius 1 is 0.966 bits per heavy atom. The third-order valence-electron chi connectivity index (χ3n) is 5.74. The Labute approximate surface area is 181 Å². The molecule has 1 aromatic carbocycles. The maximum Gasteiger partial charge on any atom is 0.274 e. The topological polar surface area (TPSA) is 51.7 Å². The number of piperidine rings is 1. The molecule has 0 radical (unpaired) electrons. The Kier molecular flexibility index (Phi) is 6.35. The number of nitrogens with one attached hydrogen (secondary N) is 1. The van der Waals surface area contributed by atoms with E-state index in [2.05, 4.69) is 60.1 Å². The molecule has 7 heteroatoms. The van der Waals surface area contributed by atoms with Crippen molar-refractivity contribution in [3.8, 4) is 0 Å². The highest BCUT2D eigenvalue weighted by atomic mass is 79.9. The minimum absolute atomic E-state index is 0.183. The number of carbonyl (C=O) groups excluding carboxylic acids is 1. The number of nitrogens with zero attached hydrogens (tertiary/aromatic N) is 4. The number of likely N-dealkylation sites (N-methyl/N-ethyl adjacent to an activating group) is 1. The summed E-state index contributed by atoms with van der Waals surface area (Å²) in [6.07, 6.45) is 3.66. The summed E-state index contributed by atoms with van der Waals surface area (Å²) in [7, 11) is 2.17. The van der Waals surface area contributed by atoms with Gasteiger partial charge in [-0.15, -0.1) is 0 Å². The number of benzene rings is 1. The first-order valence-electron chi connectivity index (χ1n) is 10.4. The molecule has 2 aliphatic heterocycles. The fraction of sp³-hybridized carbons (Fsp3) is 0.455. The first kappa shape index (κ1) is 20.2. The van der Waals surface area contributed by atoms with E-state index in [4.69, 9.17) is 0 Å². The number of aromatic nitrogens is 1. The van der Waals surface area contributed by atoms with Crippen molar-refractivity contribution >= 4 is 38.9 Å². The maximum atomic E-state index is 12.8. The van der Waals surface area contributed by atoms with Gasteiger partial charge in [-0.2, -0.15) is 0 Å². The first-order valence-corrected chi connectivity index (χ1v) is 11.2. The zero-order chi connectivity index (χ0) is 20.2. The van der Waals surface area contributed by atoms with E-state index in [0.29, 0.717) is 10.3 Å². The fourth-order valence-corrected chi connectivity index (χ4v) is 4.35. The Morgan fingerprint density at radius 3 is 2.45 bits per heavy atom. The van der Waals surface area contributed by atoms with Gasteiger partial charge in [0.15, 0.2) is 0 Å². The molecule has 0 aliphatic carbocycles. The van der Waals surface area contributed by atoms with E-state index in [1.165, 1.54) is 24.9 Å². The summed E-state index contributed by atoms with van der Waals surface area (Å²) in [6, 6.07) is 11.8. The van der Waals surface area contributed by atoms with Crippen molar-refractivity contribution in [2.24, 2.45) is 0 Å². The molecule has 1 N–H and O–H groups in total. The van der Waals surface area contributed by atoms with Crippen LogP contribution in [0.3, 0.4) is 0 Å². The molecule has 4 rings (SSSR count). The number of anilines is 3. The monoisotopic (exact) mass is 457 g/mol. The summed E-state index contributed by atoms with van der Waals surface area (Å²) in [5.41, 5.74) is 3.62. The third-order valence-corrected chi connectivity index (χ3v) is 6.18. The lowest BCUT2D eigenvalue weighted by Crippen LogP contribution is -2.44. The molecule has 1 aromatic heterocycles. The number of piperazine rings is 1. The van der Waals surface area contributed by atoms with Crippen molar-refractivity contribution in [3.05, 3.63) is 46.7 Å². The average Bonchev–Trinajstić information content (AvgIpc) is 2.75. The quantitative estimate of drug-likeness (QED) is 0.706. The molecule has 0 unspecified atom stereocenters. The van der Waals surface area contributed by atoms with Crippen LogP contribution in [-0.2, 0) is 0 Å². The normalized spacial score (nSPS) is 18.0. The zero-order valence-corrected chi connectivity index (χ0v) is 18.5. The highest BCUT2D eigenvalue weighted by Crippen LogP contribution is 2.33. The molecule has 3 heterocycles. The molecule has 0 bridgehead atoms. The van der Waals surface area contributed by atoms with Crippen molar-refractivity contribution in [2.45, 2.75) is 19.3 Å². The van der Waals surface area contributed by atoms with E-state index in [9.17, 15) is 4.79 Å². The number of carbonyl (C=O) groups is 1. The third kappa shape index (κ3) is 4.90. The molecule has 6 nitrogen and oxygen atoms in total. The molecule has 154 valence electrons. The van der Waals surface area contributed by atoms with Crippen LogP contribution in [0.25, 0.3) is 0 Å². The van der Waals surface area contributed by atoms with Gasteiger partial charge in [0.05, 0.1) is 11.4 Å². The second-order valence-corrected chi connectivity index (χ2v) is 8.65. The van der Waals surface area contributed by atoms with Gasteiger partial charge in [-0.05, 0) is 72.6 Å². The van der Waals surface area contributed by atoms with Gasteiger partial charge in [-0.25, -0.2) is 4.98 Å². The minimum Gasteiger partial charge on any atom is -0.370 e. The van der Waals surface area contributed by atoms with Gasteiger partial charge in [0.25, 0.3) is 5.91 Å². The number of pyridine rings is 1. The van der Waals surface area contributed by atoms with Gasteiger partial charge in [0, 0.05) is 45.0 Å². The van der Waals surface area contributed by atoms with Crippen LogP contribution in [0, 0.1) is 0 Å². The van der Waals surface area contributed by atoms with Crippen molar-refractivity contribution < 1.29 is 4.79 Å². The lowest BCUT2D eigenvalue weighted by Gasteiger charge is -2.36. The summed E-state index contributed by atoms with van der Waals surface area (Å²) in [5.74, 6) is -0.183. The number of hydrogen-bond acceptors (Lipinski definition) is 5. The summed E-state index contributed by atoms with van der Waals surface area (Å²) < 4.78 is 0.659. The Balaban J connectivity index is 1.60. The largest absolute Gasteiger partial charge is 0.370 e. The molecule has 1 amide bonds. The van der Waals surface area contributed by atoms with Gasteiger partial charge in [-0.1, -0.05) is 6.07 Å². The highest BCUT2D eigenvalue weighted by molar-refractivity contribution is 9.10. The SMILES string of the molecule is CN1CCN(c2ccc(NC(=O)c3cccc(Br)n3)c(N3CCCCC3)c2)CC1. The standard InChI is InChI=1S/C22H28BrN5O/c1-26-12-14-27(15-13-26)17-8-9-18(20(16-17)28-10-3-2-4-11-28)25-22(29)19-6-5-7-21(23)24-19/h5-9,16H,2-4,10-15H2,1H3,(H,25,29). The Hall–Kier alpha value is -2.12. The highest BCUT2D eigenvalue weighted by Gasteiger charge is 2.20. The van der Waals surface area contributed by atoms with Crippen LogP contribution in [0.4, 0.5) is 17.1 Å². The van der Waals surface area contributed by atoms with E-state index in [0.717, 1.165) is 50.6 Å². The smallest absolute Gasteiger partial charge is 0.274 e. The van der Waals surface area contributed by atoms with E-state index < -0.39 is 0 Å². The molecule has 2 aliphatic rings. The molecule has 0 atom stereocenters. The number of rotatable bonds is 4. The second kappa shape index (κ2) is 9.13. The van der Waals surface area contributed by atoms with Gasteiger partial charge in [0.2, 0.25) is 0 Å². The van der Waals surface area contributed by atoms with Crippen molar-refractivity contribution in [1.82, 2.24) is 9.88 Å². The number of amides is 1. The van der Waals surface area contributed by atoms with Crippen LogP contribution in [0.1, 0.15) is 29.8 Å². The fourth-order valence-electron chi connectivity index (χ4n) is 4.00. The van der Waals surface area contributed by atoms with Gasteiger partial charge in [-0.3, -0.25) is 4.79 Å². The average molecular weight is 458 g/mol. The van der Waals surface area contributed by atoms with Crippen LogP contribution in [0.5, 0.6) is 0 Å².